The summed E-state index contributed by atoms with van der Waals surface area (Å²) in [6.45, 7) is 1.05. The van der Waals surface area contributed by atoms with Crippen molar-refractivity contribution >= 4 is 11.6 Å². The number of hydrogen-bond donors (Lipinski definition) is 2. The molecule has 0 unspecified atom stereocenters. The Morgan fingerprint density at radius 1 is 1.06 bits per heavy atom. The fourth-order valence-electron chi connectivity index (χ4n) is 1.66. The lowest BCUT2D eigenvalue weighted by molar-refractivity contribution is 0.464. The van der Waals surface area contributed by atoms with E-state index in [9.17, 15) is 9.50 Å². The van der Waals surface area contributed by atoms with Crippen molar-refractivity contribution in [3.63, 3.8) is 0 Å². The van der Waals surface area contributed by atoms with Gasteiger partial charge in [-0.15, -0.1) is 0 Å². The second kappa shape index (κ2) is 5.85. The molecular weight excluding hydrogens is 253 g/mol. The molecule has 4 heteroatoms. The molecular formula is C14H13ClFNO. The van der Waals surface area contributed by atoms with Gasteiger partial charge in [0.05, 0.1) is 0 Å². The maximum atomic E-state index is 12.7. The Kier molecular flexibility index (Phi) is 4.18. The number of halogens is 2. The number of nitrogens with one attached hydrogen (secondary N) is 1. The SMILES string of the molecule is Oc1cccc(Cl)c1CNCc1ccc(F)cc1. The van der Waals surface area contributed by atoms with Crippen LogP contribution in [0.5, 0.6) is 5.75 Å². The van der Waals surface area contributed by atoms with Crippen molar-refractivity contribution in [2.24, 2.45) is 0 Å². The van der Waals surface area contributed by atoms with E-state index in [1.54, 1.807) is 30.3 Å². The molecule has 0 aromatic heterocycles. The topological polar surface area (TPSA) is 32.3 Å². The first-order valence-corrected chi connectivity index (χ1v) is 5.96. The maximum Gasteiger partial charge on any atom is 0.123 e. The highest BCUT2D eigenvalue weighted by Gasteiger charge is 2.05. The van der Waals surface area contributed by atoms with Gasteiger partial charge in [-0.05, 0) is 29.8 Å². The molecule has 0 spiro atoms. The normalized spacial score (nSPS) is 10.6. The highest BCUT2D eigenvalue weighted by molar-refractivity contribution is 6.31. The van der Waals surface area contributed by atoms with Crippen molar-refractivity contribution in [2.75, 3.05) is 0 Å². The van der Waals surface area contributed by atoms with Crippen LogP contribution in [0.2, 0.25) is 5.02 Å². The van der Waals surface area contributed by atoms with Crippen molar-refractivity contribution < 1.29 is 9.50 Å². The molecule has 2 N–H and O–H groups in total. The summed E-state index contributed by atoms with van der Waals surface area (Å²) in [5.74, 6) is -0.0726. The minimum atomic E-state index is -0.248. The second-order valence-electron chi connectivity index (χ2n) is 3.97. The molecule has 0 heterocycles. The van der Waals surface area contributed by atoms with Crippen molar-refractivity contribution in [1.82, 2.24) is 5.32 Å². The number of benzene rings is 2. The molecule has 0 aliphatic carbocycles. The Bertz CT molecular complexity index is 508. The van der Waals surface area contributed by atoms with Gasteiger partial charge in [0.2, 0.25) is 0 Å². The van der Waals surface area contributed by atoms with Crippen LogP contribution in [-0.2, 0) is 13.1 Å². The monoisotopic (exact) mass is 265 g/mol. The third-order valence-electron chi connectivity index (χ3n) is 2.64. The largest absolute Gasteiger partial charge is 0.508 e. The smallest absolute Gasteiger partial charge is 0.123 e. The van der Waals surface area contributed by atoms with E-state index in [0.29, 0.717) is 23.7 Å². The highest BCUT2D eigenvalue weighted by atomic mass is 35.5. The van der Waals surface area contributed by atoms with Gasteiger partial charge in [0.15, 0.2) is 0 Å². The zero-order chi connectivity index (χ0) is 13.0. The fraction of sp³-hybridized carbons (Fsp3) is 0.143. The fourth-order valence-corrected chi connectivity index (χ4v) is 1.89. The molecule has 18 heavy (non-hydrogen) atoms. The van der Waals surface area contributed by atoms with Crippen LogP contribution in [-0.4, -0.2) is 5.11 Å². The molecule has 94 valence electrons. The highest BCUT2D eigenvalue weighted by Crippen LogP contribution is 2.24. The maximum absolute atomic E-state index is 12.7. The first kappa shape index (κ1) is 12.9. The van der Waals surface area contributed by atoms with Gasteiger partial charge in [-0.3, -0.25) is 0 Å². The molecule has 0 radical (unpaired) electrons. The first-order chi connectivity index (χ1) is 8.66. The van der Waals surface area contributed by atoms with Crippen LogP contribution in [0, 0.1) is 5.82 Å². The van der Waals surface area contributed by atoms with Crippen molar-refractivity contribution in [3.8, 4) is 5.75 Å². The molecule has 0 atom stereocenters. The van der Waals surface area contributed by atoms with E-state index < -0.39 is 0 Å². The molecule has 0 aliphatic rings. The van der Waals surface area contributed by atoms with Gasteiger partial charge in [0.1, 0.15) is 11.6 Å². The first-order valence-electron chi connectivity index (χ1n) is 5.58. The van der Waals surface area contributed by atoms with E-state index in [0.717, 1.165) is 5.56 Å². The van der Waals surface area contributed by atoms with Gasteiger partial charge in [-0.25, -0.2) is 4.39 Å². The molecule has 0 fully saturated rings. The molecule has 0 saturated heterocycles. The Morgan fingerprint density at radius 3 is 2.44 bits per heavy atom. The van der Waals surface area contributed by atoms with E-state index in [1.165, 1.54) is 12.1 Å². The van der Waals surface area contributed by atoms with E-state index in [1.807, 2.05) is 0 Å². The van der Waals surface area contributed by atoms with Crippen LogP contribution in [0.3, 0.4) is 0 Å². The summed E-state index contributed by atoms with van der Waals surface area (Å²) in [4.78, 5) is 0. The van der Waals surface area contributed by atoms with Gasteiger partial charge in [-0.2, -0.15) is 0 Å². The van der Waals surface area contributed by atoms with Crippen LogP contribution in [0.25, 0.3) is 0 Å². The minimum Gasteiger partial charge on any atom is -0.508 e. The second-order valence-corrected chi connectivity index (χ2v) is 4.37. The van der Waals surface area contributed by atoms with Crippen LogP contribution in [0.4, 0.5) is 4.39 Å². The summed E-state index contributed by atoms with van der Waals surface area (Å²) < 4.78 is 12.7. The zero-order valence-electron chi connectivity index (χ0n) is 9.66. The van der Waals surface area contributed by atoms with Crippen LogP contribution < -0.4 is 5.32 Å². The number of hydrogen-bond acceptors (Lipinski definition) is 2. The summed E-state index contributed by atoms with van der Waals surface area (Å²) in [6, 6.07) is 11.3. The molecule has 0 saturated carbocycles. The van der Waals surface area contributed by atoms with E-state index in [2.05, 4.69) is 5.32 Å². The third kappa shape index (κ3) is 3.22. The standard InChI is InChI=1S/C14H13ClFNO/c15-13-2-1-3-14(18)12(13)9-17-8-10-4-6-11(16)7-5-10/h1-7,17-18H,8-9H2. The summed E-state index contributed by atoms with van der Waals surface area (Å²) in [5.41, 5.74) is 1.64. The summed E-state index contributed by atoms with van der Waals surface area (Å²) in [7, 11) is 0. The Balaban J connectivity index is 1.94. The van der Waals surface area contributed by atoms with E-state index in [-0.39, 0.29) is 11.6 Å². The number of aromatic hydroxyl groups is 1. The summed E-state index contributed by atoms with van der Waals surface area (Å²) >= 11 is 5.98. The van der Waals surface area contributed by atoms with Crippen molar-refractivity contribution in [3.05, 3.63) is 64.4 Å². The Hall–Kier alpha value is -1.58. The molecule has 0 bridgehead atoms. The van der Waals surface area contributed by atoms with E-state index in [4.69, 9.17) is 11.6 Å². The molecule has 0 aliphatic heterocycles. The lowest BCUT2D eigenvalue weighted by Crippen LogP contribution is -2.13. The van der Waals surface area contributed by atoms with Crippen molar-refractivity contribution in [1.29, 1.82) is 0 Å². The summed E-state index contributed by atoms with van der Waals surface area (Å²) in [6.07, 6.45) is 0. The van der Waals surface area contributed by atoms with Crippen molar-refractivity contribution in [2.45, 2.75) is 13.1 Å². The quantitative estimate of drug-likeness (QED) is 0.887. The third-order valence-corrected chi connectivity index (χ3v) is 2.99. The average Bonchev–Trinajstić information content (AvgIpc) is 2.35. The molecule has 2 rings (SSSR count). The molecule has 2 aromatic carbocycles. The summed E-state index contributed by atoms with van der Waals surface area (Å²) in [5, 5.41) is 13.3. The molecule has 0 amide bonds. The lowest BCUT2D eigenvalue weighted by Gasteiger charge is -2.08. The number of phenolic OH excluding ortho intramolecular Hbond substituents is 1. The predicted molar refractivity (Wildman–Crippen MR) is 70.1 cm³/mol. The number of phenols is 1. The minimum absolute atomic E-state index is 0.175. The van der Waals surface area contributed by atoms with Gasteiger partial charge < -0.3 is 10.4 Å². The van der Waals surface area contributed by atoms with Gasteiger partial charge in [-0.1, -0.05) is 29.8 Å². The molecule has 2 nitrogen and oxygen atoms in total. The van der Waals surface area contributed by atoms with Crippen LogP contribution in [0.15, 0.2) is 42.5 Å². The molecule has 2 aromatic rings. The van der Waals surface area contributed by atoms with E-state index >= 15 is 0 Å². The number of rotatable bonds is 4. The average molecular weight is 266 g/mol. The Morgan fingerprint density at radius 2 is 1.78 bits per heavy atom. The predicted octanol–water partition coefficient (Wildman–Crippen LogP) is 3.47. The Labute approximate surface area is 110 Å². The van der Waals surface area contributed by atoms with Gasteiger partial charge >= 0.3 is 0 Å². The van der Waals surface area contributed by atoms with Gasteiger partial charge in [0, 0.05) is 23.7 Å². The lowest BCUT2D eigenvalue weighted by atomic mass is 10.2. The zero-order valence-corrected chi connectivity index (χ0v) is 10.4. The van der Waals surface area contributed by atoms with Crippen LogP contribution >= 0.6 is 11.6 Å². The van der Waals surface area contributed by atoms with Crippen LogP contribution in [0.1, 0.15) is 11.1 Å². The van der Waals surface area contributed by atoms with Gasteiger partial charge in [0.25, 0.3) is 0 Å².